The molecule has 0 aliphatic heterocycles. The number of hydrogen-bond acceptors (Lipinski definition) is 6. The highest BCUT2D eigenvalue weighted by Gasteiger charge is 2.23. The Balaban J connectivity index is 2.33. The summed E-state index contributed by atoms with van der Waals surface area (Å²) in [6.45, 7) is -3.24. The van der Waals surface area contributed by atoms with E-state index >= 15 is 0 Å². The fourth-order valence-corrected chi connectivity index (χ4v) is 3.90. The van der Waals surface area contributed by atoms with Crippen LogP contribution in [-0.2, 0) is 19.5 Å². The monoisotopic (exact) mass is 323 g/mol. The number of halogens is 1. The molecule has 0 saturated heterocycles. The summed E-state index contributed by atoms with van der Waals surface area (Å²) in [7, 11) is 2.57. The van der Waals surface area contributed by atoms with Gasteiger partial charge in [-0.2, -0.15) is 0 Å². The second-order valence-electron chi connectivity index (χ2n) is 3.48. The van der Waals surface area contributed by atoms with Gasteiger partial charge in [0.2, 0.25) is 0 Å². The van der Waals surface area contributed by atoms with Gasteiger partial charge >= 0.3 is 12.6 Å². The van der Waals surface area contributed by atoms with Crippen molar-refractivity contribution in [2.24, 2.45) is 0 Å². The largest absolute Gasteiger partial charge is 0.420 e. The van der Waals surface area contributed by atoms with Crippen LogP contribution in [0.2, 0.25) is 5.02 Å². The molecule has 0 unspecified atom stereocenters. The number of fused-ring (bicyclic) bond motifs is 1. The van der Waals surface area contributed by atoms with Crippen molar-refractivity contribution in [1.82, 2.24) is 4.57 Å². The van der Waals surface area contributed by atoms with Crippen molar-refractivity contribution in [2.45, 2.75) is 5.88 Å². The molecule has 0 atom stereocenters. The van der Waals surface area contributed by atoms with Gasteiger partial charge in [-0.25, -0.2) is 9.36 Å². The lowest BCUT2D eigenvalue weighted by atomic mass is 10.3. The Labute approximate surface area is 117 Å². The van der Waals surface area contributed by atoms with Crippen LogP contribution in [0.25, 0.3) is 11.1 Å². The average Bonchev–Trinajstić information content (AvgIpc) is 2.70. The van der Waals surface area contributed by atoms with Gasteiger partial charge in [0.25, 0.3) is 0 Å². The van der Waals surface area contributed by atoms with E-state index in [1.54, 1.807) is 18.2 Å². The normalized spacial score (nSPS) is 12.2. The Hall–Kier alpha value is -0.720. The van der Waals surface area contributed by atoms with Crippen LogP contribution in [0.3, 0.4) is 0 Å². The van der Waals surface area contributed by atoms with Gasteiger partial charge in [-0.1, -0.05) is 11.6 Å². The summed E-state index contributed by atoms with van der Waals surface area (Å²) in [5.74, 6) is -0.463. The maximum atomic E-state index is 11.9. The Morgan fingerprint density at radius 2 is 2.11 bits per heavy atom. The first-order valence-electron chi connectivity index (χ1n) is 5.14. The molecule has 1 aromatic carbocycles. The van der Waals surface area contributed by atoms with Crippen LogP contribution in [0.1, 0.15) is 0 Å². The fourth-order valence-electron chi connectivity index (χ4n) is 1.47. The molecule has 1 aromatic heterocycles. The van der Waals surface area contributed by atoms with Crippen molar-refractivity contribution in [3.05, 3.63) is 33.8 Å². The van der Waals surface area contributed by atoms with Crippen LogP contribution >= 0.6 is 29.8 Å². The zero-order valence-electron chi connectivity index (χ0n) is 10.2. The van der Waals surface area contributed by atoms with Gasteiger partial charge in [0.15, 0.2) is 5.58 Å². The molecule has 0 N–H and O–H groups in total. The first kappa shape index (κ1) is 14.7. The number of benzene rings is 1. The van der Waals surface area contributed by atoms with E-state index in [0.717, 1.165) is 11.4 Å². The maximum Gasteiger partial charge on any atom is 0.420 e. The van der Waals surface area contributed by atoms with Crippen LogP contribution < -0.4 is 5.76 Å². The molecule has 0 fully saturated rings. The molecule has 0 aliphatic rings. The van der Waals surface area contributed by atoms with Gasteiger partial charge in [-0.15, -0.1) is 0 Å². The Bertz CT molecular complexity index is 689. The predicted octanol–water partition coefficient (Wildman–Crippen LogP) is 3.34. The summed E-state index contributed by atoms with van der Waals surface area (Å²) in [6.07, 6.45) is 0. The van der Waals surface area contributed by atoms with Crippen molar-refractivity contribution in [2.75, 3.05) is 14.2 Å². The second-order valence-corrected chi connectivity index (χ2v) is 8.17. The molecule has 0 aliphatic carbocycles. The van der Waals surface area contributed by atoms with Crippen molar-refractivity contribution in [3.8, 4) is 0 Å². The molecular weight excluding hydrogens is 313 g/mol. The Morgan fingerprint density at radius 1 is 1.42 bits per heavy atom. The standard InChI is InChI=1S/C10H11ClNO5PS/c1-15-18(14,16-2)19-6-12-8-4-3-7(11)5-9(8)17-10(12)13/h3-5H,6H2,1-2H3. The number of oxazole rings is 1. The first-order chi connectivity index (χ1) is 8.99. The molecule has 1 heterocycles. The summed E-state index contributed by atoms with van der Waals surface area (Å²) in [5, 5.41) is 0.473. The third-order valence-corrected chi connectivity index (χ3v) is 6.43. The average molecular weight is 324 g/mol. The van der Waals surface area contributed by atoms with Crippen LogP contribution in [-0.4, -0.2) is 18.8 Å². The van der Waals surface area contributed by atoms with Gasteiger partial charge in [-0.05, 0) is 23.5 Å². The zero-order chi connectivity index (χ0) is 14.0. The number of aromatic nitrogens is 1. The summed E-state index contributed by atoms with van der Waals surface area (Å²) < 4.78 is 27.9. The van der Waals surface area contributed by atoms with Crippen LogP contribution in [0, 0.1) is 0 Å². The molecule has 0 amide bonds. The highest BCUT2D eigenvalue weighted by Crippen LogP contribution is 2.59. The van der Waals surface area contributed by atoms with Crippen LogP contribution in [0.4, 0.5) is 0 Å². The Kier molecular flexibility index (Phi) is 4.43. The van der Waals surface area contributed by atoms with Gasteiger partial charge in [0.05, 0.1) is 11.4 Å². The molecule has 6 nitrogen and oxygen atoms in total. The second kappa shape index (κ2) is 5.73. The molecule has 104 valence electrons. The van der Waals surface area contributed by atoms with Crippen molar-refractivity contribution < 1.29 is 18.0 Å². The molecule has 9 heteroatoms. The molecule has 19 heavy (non-hydrogen) atoms. The van der Waals surface area contributed by atoms with E-state index in [9.17, 15) is 9.36 Å². The molecule has 0 saturated carbocycles. The van der Waals surface area contributed by atoms with Crippen molar-refractivity contribution in [3.63, 3.8) is 0 Å². The molecule has 0 spiro atoms. The van der Waals surface area contributed by atoms with E-state index in [2.05, 4.69) is 0 Å². The zero-order valence-corrected chi connectivity index (χ0v) is 12.6. The van der Waals surface area contributed by atoms with E-state index in [4.69, 9.17) is 25.1 Å². The van der Waals surface area contributed by atoms with E-state index in [1.807, 2.05) is 0 Å². The lowest BCUT2D eigenvalue weighted by molar-refractivity contribution is 0.295. The summed E-state index contributed by atoms with van der Waals surface area (Å²) in [4.78, 5) is 11.7. The number of rotatable bonds is 5. The number of nitrogens with zero attached hydrogens (tertiary/aromatic N) is 1. The highest BCUT2D eigenvalue weighted by atomic mass is 35.5. The Morgan fingerprint density at radius 3 is 2.74 bits per heavy atom. The van der Waals surface area contributed by atoms with Crippen LogP contribution in [0.15, 0.2) is 27.4 Å². The minimum Gasteiger partial charge on any atom is -0.408 e. The lowest BCUT2D eigenvalue weighted by Gasteiger charge is -2.12. The third-order valence-electron chi connectivity index (χ3n) is 2.42. The first-order valence-corrected chi connectivity index (χ1v) is 8.65. The van der Waals surface area contributed by atoms with Crippen molar-refractivity contribution in [1.29, 1.82) is 0 Å². The third kappa shape index (κ3) is 3.07. The van der Waals surface area contributed by atoms with E-state index in [0.29, 0.717) is 16.1 Å². The summed E-state index contributed by atoms with van der Waals surface area (Å²) in [5.41, 5.74) is 0.948. The van der Waals surface area contributed by atoms with E-state index in [1.165, 1.54) is 18.8 Å². The van der Waals surface area contributed by atoms with Gasteiger partial charge < -0.3 is 13.5 Å². The molecule has 2 rings (SSSR count). The molecule has 0 bridgehead atoms. The van der Waals surface area contributed by atoms with Crippen molar-refractivity contribution >= 4 is 40.9 Å². The number of hydrogen-bond donors (Lipinski definition) is 0. The summed E-state index contributed by atoms with van der Waals surface area (Å²) >= 11 is 6.71. The van der Waals surface area contributed by atoms with Gasteiger partial charge in [-0.3, -0.25) is 4.57 Å². The molecular formula is C10H11ClNO5PS. The predicted molar refractivity (Wildman–Crippen MR) is 74.7 cm³/mol. The molecule has 2 aromatic rings. The summed E-state index contributed by atoms with van der Waals surface area (Å²) in [6, 6.07) is 4.85. The van der Waals surface area contributed by atoms with E-state index in [-0.39, 0.29) is 5.88 Å². The van der Waals surface area contributed by atoms with Gasteiger partial charge in [0.1, 0.15) is 0 Å². The van der Waals surface area contributed by atoms with Gasteiger partial charge in [0, 0.05) is 25.3 Å². The minimum atomic E-state index is -3.24. The minimum absolute atomic E-state index is 0.0897. The topological polar surface area (TPSA) is 70.7 Å². The maximum absolute atomic E-state index is 11.9. The SMILES string of the molecule is COP(=O)(OC)SCn1c(=O)oc2cc(Cl)ccc21. The molecule has 0 radical (unpaired) electrons. The quantitative estimate of drug-likeness (QED) is 0.786. The van der Waals surface area contributed by atoms with Crippen LogP contribution in [0.5, 0.6) is 0 Å². The fraction of sp³-hybridized carbons (Fsp3) is 0.300. The smallest absolute Gasteiger partial charge is 0.408 e. The highest BCUT2D eigenvalue weighted by molar-refractivity contribution is 8.54. The lowest BCUT2D eigenvalue weighted by Crippen LogP contribution is -2.12. The van der Waals surface area contributed by atoms with E-state index < -0.39 is 12.6 Å².